The fourth-order valence-corrected chi connectivity index (χ4v) is 0.797. The van der Waals surface area contributed by atoms with Crippen molar-refractivity contribution in [2.75, 3.05) is 0 Å². The van der Waals surface area contributed by atoms with Crippen molar-refractivity contribution in [3.63, 3.8) is 0 Å². The quantitative estimate of drug-likeness (QED) is 0.600. The molecule has 0 saturated carbocycles. The van der Waals surface area contributed by atoms with Gasteiger partial charge in [-0.25, -0.2) is 13.6 Å². The number of nitrogens with one attached hydrogen (secondary N) is 1. The number of halogens is 2. The van der Waals surface area contributed by atoms with Crippen LogP contribution in [0.5, 0.6) is 0 Å². The van der Waals surface area contributed by atoms with E-state index < -0.39 is 24.7 Å². The number of alkyl halides is 2. The molecule has 10 heavy (non-hydrogen) atoms. The molecular weight excluding hydrogens is 144 g/mol. The first kappa shape index (κ1) is 7.24. The summed E-state index contributed by atoms with van der Waals surface area (Å²) in [6.45, 7) is 1.43. The van der Waals surface area contributed by atoms with Gasteiger partial charge in [-0.3, -0.25) is 0 Å². The Morgan fingerprint density at radius 3 is 2.50 bits per heavy atom. The van der Waals surface area contributed by atoms with Crippen molar-refractivity contribution in [3.05, 3.63) is 0 Å². The highest BCUT2D eigenvalue weighted by Crippen LogP contribution is 2.14. The number of rotatable bonds is 1. The van der Waals surface area contributed by atoms with E-state index in [2.05, 4.69) is 4.74 Å². The van der Waals surface area contributed by atoms with Crippen molar-refractivity contribution < 1.29 is 18.3 Å². The topological polar surface area (TPSA) is 38.3 Å². The zero-order chi connectivity index (χ0) is 7.72. The zero-order valence-electron chi connectivity index (χ0n) is 5.30. The normalized spacial score (nSPS) is 32.2. The molecule has 0 spiro atoms. The van der Waals surface area contributed by atoms with E-state index in [4.69, 9.17) is 0 Å². The number of alkyl carbamates (subject to hydrolysis) is 1. The van der Waals surface area contributed by atoms with Crippen LogP contribution in [0.1, 0.15) is 6.92 Å². The zero-order valence-corrected chi connectivity index (χ0v) is 5.30. The maximum Gasteiger partial charge on any atom is 0.408 e. The molecule has 1 saturated heterocycles. The van der Waals surface area contributed by atoms with Gasteiger partial charge in [0, 0.05) is 0 Å². The first-order chi connectivity index (χ1) is 4.61. The molecule has 1 N–H and O–H groups in total. The smallest absolute Gasteiger partial charge is 0.408 e. The van der Waals surface area contributed by atoms with Crippen LogP contribution in [0.15, 0.2) is 0 Å². The summed E-state index contributed by atoms with van der Waals surface area (Å²) in [5, 5.41) is 1.99. The summed E-state index contributed by atoms with van der Waals surface area (Å²) in [6.07, 6.45) is -4.05. The average molecular weight is 151 g/mol. The lowest BCUT2D eigenvalue weighted by atomic mass is 10.2. The number of ether oxygens (including phenoxy) is 1. The van der Waals surface area contributed by atoms with Crippen molar-refractivity contribution >= 4 is 6.09 Å². The van der Waals surface area contributed by atoms with E-state index in [1.54, 1.807) is 0 Å². The minimum absolute atomic E-state index is 0.729. The van der Waals surface area contributed by atoms with Gasteiger partial charge in [0.25, 0.3) is 6.43 Å². The summed E-state index contributed by atoms with van der Waals surface area (Å²) in [5.74, 6) is 0. The lowest BCUT2D eigenvalue weighted by Crippen LogP contribution is -2.36. The minimum atomic E-state index is -2.55. The van der Waals surface area contributed by atoms with Gasteiger partial charge < -0.3 is 10.1 Å². The number of amides is 1. The molecule has 0 aromatic rings. The Balaban J connectivity index is 2.54. The number of cyclic esters (lactones) is 1. The van der Waals surface area contributed by atoms with Crippen molar-refractivity contribution in [2.24, 2.45) is 0 Å². The van der Waals surface area contributed by atoms with E-state index in [0.29, 0.717) is 0 Å². The molecule has 1 rings (SSSR count). The Labute approximate surface area is 56.3 Å². The van der Waals surface area contributed by atoms with Crippen LogP contribution in [0.2, 0.25) is 0 Å². The monoisotopic (exact) mass is 151 g/mol. The van der Waals surface area contributed by atoms with Crippen LogP contribution in [0.4, 0.5) is 13.6 Å². The third-order valence-electron chi connectivity index (χ3n) is 1.35. The van der Waals surface area contributed by atoms with E-state index >= 15 is 0 Å². The molecule has 0 aromatic heterocycles. The van der Waals surface area contributed by atoms with Gasteiger partial charge in [0.15, 0.2) is 0 Å². The molecule has 1 fully saturated rings. The first-order valence-electron chi connectivity index (χ1n) is 2.86. The number of carbonyl (C=O) groups excluding carboxylic acids is 1. The Bertz CT molecular complexity index is 151. The van der Waals surface area contributed by atoms with Gasteiger partial charge in [0.05, 0.1) is 0 Å². The van der Waals surface area contributed by atoms with E-state index in [1.165, 1.54) is 6.92 Å². The highest BCUT2D eigenvalue weighted by molar-refractivity contribution is 5.70. The average Bonchev–Trinajstić information content (AvgIpc) is 2.10. The summed E-state index contributed by atoms with van der Waals surface area (Å²) in [6, 6.07) is -1.15. The molecule has 5 heteroatoms. The third kappa shape index (κ3) is 1.17. The van der Waals surface area contributed by atoms with Crippen LogP contribution in [0.3, 0.4) is 0 Å². The van der Waals surface area contributed by atoms with E-state index in [-0.39, 0.29) is 0 Å². The van der Waals surface area contributed by atoms with Crippen molar-refractivity contribution in [3.8, 4) is 0 Å². The number of carbonyl (C=O) groups is 1. The number of hydrogen-bond acceptors (Lipinski definition) is 2. The van der Waals surface area contributed by atoms with Crippen molar-refractivity contribution in [1.29, 1.82) is 0 Å². The van der Waals surface area contributed by atoms with Gasteiger partial charge in [0.2, 0.25) is 0 Å². The molecular formula is C5H7F2NO2. The van der Waals surface area contributed by atoms with Crippen LogP contribution < -0.4 is 5.32 Å². The second kappa shape index (κ2) is 2.40. The molecule has 0 radical (unpaired) electrons. The molecule has 1 aliphatic heterocycles. The van der Waals surface area contributed by atoms with Gasteiger partial charge in [-0.15, -0.1) is 0 Å². The van der Waals surface area contributed by atoms with Crippen LogP contribution >= 0.6 is 0 Å². The predicted octanol–water partition coefficient (Wildman–Crippen LogP) is 0.748. The Morgan fingerprint density at radius 1 is 1.70 bits per heavy atom. The maximum atomic E-state index is 11.9. The second-order valence-corrected chi connectivity index (χ2v) is 2.12. The van der Waals surface area contributed by atoms with Crippen LogP contribution in [-0.4, -0.2) is 24.7 Å². The summed E-state index contributed by atoms with van der Waals surface area (Å²) in [4.78, 5) is 10.3. The lowest BCUT2D eigenvalue weighted by Gasteiger charge is -2.09. The Hall–Kier alpha value is -0.870. The molecule has 0 aliphatic carbocycles. The van der Waals surface area contributed by atoms with Crippen LogP contribution in [0, 0.1) is 0 Å². The van der Waals surface area contributed by atoms with Gasteiger partial charge >= 0.3 is 6.09 Å². The highest BCUT2D eigenvalue weighted by atomic mass is 19.3. The van der Waals surface area contributed by atoms with Crippen molar-refractivity contribution in [1.82, 2.24) is 5.32 Å². The summed E-state index contributed by atoms with van der Waals surface area (Å²) in [5.41, 5.74) is 0. The fraction of sp³-hybridized carbons (Fsp3) is 0.800. The molecule has 2 atom stereocenters. The third-order valence-corrected chi connectivity index (χ3v) is 1.35. The van der Waals surface area contributed by atoms with E-state index in [0.717, 1.165) is 0 Å². The molecule has 1 amide bonds. The fourth-order valence-electron chi connectivity index (χ4n) is 0.797. The highest BCUT2D eigenvalue weighted by Gasteiger charge is 2.36. The lowest BCUT2D eigenvalue weighted by molar-refractivity contribution is 0.0665. The number of hydrogen-bond donors (Lipinski definition) is 1. The van der Waals surface area contributed by atoms with Gasteiger partial charge in [-0.05, 0) is 6.92 Å². The minimum Gasteiger partial charge on any atom is -0.444 e. The summed E-state index contributed by atoms with van der Waals surface area (Å²) in [7, 11) is 0. The largest absolute Gasteiger partial charge is 0.444 e. The predicted molar refractivity (Wildman–Crippen MR) is 28.9 cm³/mol. The molecule has 0 bridgehead atoms. The van der Waals surface area contributed by atoms with Crippen molar-refractivity contribution in [2.45, 2.75) is 25.5 Å². The van der Waals surface area contributed by atoms with Gasteiger partial charge in [-0.1, -0.05) is 0 Å². The maximum absolute atomic E-state index is 11.9. The molecule has 1 aliphatic rings. The van der Waals surface area contributed by atoms with E-state index in [9.17, 15) is 13.6 Å². The van der Waals surface area contributed by atoms with E-state index in [1.807, 2.05) is 5.32 Å². The van der Waals surface area contributed by atoms with Crippen LogP contribution in [-0.2, 0) is 4.74 Å². The second-order valence-electron chi connectivity index (χ2n) is 2.12. The molecule has 58 valence electrons. The summed E-state index contributed by atoms with van der Waals surface area (Å²) < 4.78 is 28.1. The van der Waals surface area contributed by atoms with Gasteiger partial charge in [-0.2, -0.15) is 0 Å². The van der Waals surface area contributed by atoms with Crippen LogP contribution in [0.25, 0.3) is 0 Å². The molecule has 3 nitrogen and oxygen atoms in total. The molecule has 0 unspecified atom stereocenters. The first-order valence-corrected chi connectivity index (χ1v) is 2.86. The SMILES string of the molecule is C[C@H]1OC(=O)N[C@@H]1C(F)F. The Morgan fingerprint density at radius 2 is 2.30 bits per heavy atom. The molecule has 0 aromatic carbocycles. The molecule has 1 heterocycles. The summed E-state index contributed by atoms with van der Waals surface area (Å²) >= 11 is 0. The van der Waals surface area contributed by atoms with Gasteiger partial charge in [0.1, 0.15) is 12.1 Å². The standard InChI is InChI=1S/C5H7F2NO2/c1-2-3(4(6)7)8-5(9)10-2/h2-4H,1H3,(H,8,9)/t2-,3+/m1/s1. The Kier molecular flexibility index (Phi) is 1.74.